The summed E-state index contributed by atoms with van der Waals surface area (Å²) in [5, 5.41) is 1.98. The normalized spacial score (nSPS) is 24.4. The molecule has 0 aromatic heterocycles. The van der Waals surface area contributed by atoms with Gasteiger partial charge in [0.15, 0.2) is 0 Å². The first-order valence-corrected chi connectivity index (χ1v) is 9.97. The smallest absolute Gasteiger partial charge is 0.290 e. The van der Waals surface area contributed by atoms with Crippen molar-refractivity contribution in [3.63, 3.8) is 0 Å². The zero-order chi connectivity index (χ0) is 18.1. The summed E-state index contributed by atoms with van der Waals surface area (Å²) >= 11 is 0.937. The van der Waals surface area contributed by atoms with E-state index in [1.54, 1.807) is 6.08 Å². The van der Waals surface area contributed by atoms with Gasteiger partial charge in [-0.2, -0.15) is 0 Å². The van der Waals surface area contributed by atoms with Crippen molar-refractivity contribution in [2.45, 2.75) is 44.2 Å². The van der Waals surface area contributed by atoms with Crippen LogP contribution in [0.25, 0.3) is 6.08 Å². The lowest BCUT2D eigenvalue weighted by molar-refractivity contribution is -0.115. The van der Waals surface area contributed by atoms with Gasteiger partial charge in [0.1, 0.15) is 5.75 Å². The summed E-state index contributed by atoms with van der Waals surface area (Å²) in [6.07, 6.45) is 7.47. The number of benzene rings is 1. The minimum Gasteiger partial charge on any atom is -0.488 e. The van der Waals surface area contributed by atoms with E-state index in [2.05, 4.69) is 10.2 Å². The lowest BCUT2D eigenvalue weighted by atomic mass is 9.96. The van der Waals surface area contributed by atoms with E-state index in [1.807, 2.05) is 18.2 Å². The van der Waals surface area contributed by atoms with Crippen LogP contribution in [0.3, 0.4) is 0 Å². The number of carbonyl (C=O) groups excluding carboxylic acids is 2. The van der Waals surface area contributed by atoms with Crippen LogP contribution >= 0.6 is 24.2 Å². The van der Waals surface area contributed by atoms with Crippen molar-refractivity contribution < 1.29 is 14.3 Å². The summed E-state index contributed by atoms with van der Waals surface area (Å²) in [5.74, 6) is 0.500. The molecule has 3 fully saturated rings. The van der Waals surface area contributed by atoms with Gasteiger partial charge in [0.25, 0.3) is 11.1 Å². The molecule has 2 saturated heterocycles. The van der Waals surface area contributed by atoms with Gasteiger partial charge in [-0.15, -0.1) is 12.4 Å². The molecule has 0 unspecified atom stereocenters. The van der Waals surface area contributed by atoms with Crippen molar-refractivity contribution in [3.05, 3.63) is 28.7 Å². The number of imide groups is 1. The third kappa shape index (κ3) is 4.42. The molecule has 1 aromatic carbocycles. The molecular weight excluding hydrogens is 386 g/mol. The Bertz CT molecular complexity index is 767. The SMILES string of the molecule is Cl.N[C@@H]1CCCN(c2c(/C=C3\SC(=O)NC3=O)cccc2OC2CCC2)C1. The van der Waals surface area contributed by atoms with Crippen LogP contribution in [0.1, 0.15) is 37.7 Å². The average Bonchev–Trinajstić information content (AvgIpc) is 2.88. The molecule has 1 saturated carbocycles. The number of hydrogen-bond acceptors (Lipinski definition) is 6. The third-order valence-electron chi connectivity index (χ3n) is 5.08. The van der Waals surface area contributed by atoms with E-state index >= 15 is 0 Å². The Labute approximate surface area is 169 Å². The van der Waals surface area contributed by atoms with Crippen LogP contribution in [0.4, 0.5) is 10.5 Å². The van der Waals surface area contributed by atoms with Crippen LogP contribution < -0.4 is 20.7 Å². The summed E-state index contributed by atoms with van der Waals surface area (Å²) in [6, 6.07) is 6.02. The van der Waals surface area contributed by atoms with Crippen molar-refractivity contribution in [2.75, 3.05) is 18.0 Å². The van der Waals surface area contributed by atoms with E-state index in [0.29, 0.717) is 4.91 Å². The molecule has 8 heteroatoms. The maximum atomic E-state index is 12.0. The van der Waals surface area contributed by atoms with Gasteiger partial charge in [-0.1, -0.05) is 12.1 Å². The largest absolute Gasteiger partial charge is 0.488 e. The summed E-state index contributed by atoms with van der Waals surface area (Å²) in [6.45, 7) is 1.67. The average molecular weight is 410 g/mol. The molecule has 2 aliphatic heterocycles. The highest BCUT2D eigenvalue weighted by molar-refractivity contribution is 8.18. The highest BCUT2D eigenvalue weighted by atomic mass is 35.5. The first-order valence-electron chi connectivity index (χ1n) is 9.15. The number of nitrogens with two attached hydrogens (primary N) is 1. The number of halogens is 1. The standard InChI is InChI=1S/C19H23N3O3S.ClH/c20-13-5-3-9-22(11-13)17-12(10-16-18(23)21-19(24)26-16)4-1-8-15(17)25-14-6-2-7-14;/h1,4,8,10,13-14H,2-3,5-7,9,11,20H2,(H,21,23,24);1H/b16-10-;/t13-;/m1./s1. The number of rotatable bonds is 4. The van der Waals surface area contributed by atoms with Gasteiger partial charge in [-0.3, -0.25) is 14.9 Å². The Morgan fingerprint density at radius 3 is 2.67 bits per heavy atom. The molecule has 0 bridgehead atoms. The number of amides is 2. The van der Waals surface area contributed by atoms with Crippen molar-refractivity contribution in [2.24, 2.45) is 5.73 Å². The molecule has 146 valence electrons. The van der Waals surface area contributed by atoms with Crippen LogP contribution in [0, 0.1) is 0 Å². The number of para-hydroxylation sites is 1. The first-order chi connectivity index (χ1) is 12.6. The van der Waals surface area contributed by atoms with Gasteiger partial charge in [0, 0.05) is 24.7 Å². The van der Waals surface area contributed by atoms with Gasteiger partial charge in [0.05, 0.1) is 16.7 Å². The second-order valence-corrected chi connectivity index (χ2v) is 8.08. The van der Waals surface area contributed by atoms with Crippen LogP contribution in [-0.2, 0) is 4.79 Å². The fourth-order valence-electron chi connectivity index (χ4n) is 3.53. The molecule has 1 atom stereocenters. The number of ether oxygens (including phenoxy) is 1. The highest BCUT2D eigenvalue weighted by Crippen LogP contribution is 2.39. The Kier molecular flexibility index (Phi) is 6.34. The Morgan fingerprint density at radius 1 is 1.22 bits per heavy atom. The Morgan fingerprint density at radius 2 is 2.04 bits per heavy atom. The van der Waals surface area contributed by atoms with Crippen molar-refractivity contribution >= 4 is 47.1 Å². The third-order valence-corrected chi connectivity index (χ3v) is 5.89. The van der Waals surface area contributed by atoms with E-state index < -0.39 is 0 Å². The van der Waals surface area contributed by atoms with Gasteiger partial charge in [-0.25, -0.2) is 0 Å². The molecule has 1 aromatic rings. The molecule has 3 aliphatic rings. The van der Waals surface area contributed by atoms with E-state index in [0.717, 1.165) is 67.5 Å². The quantitative estimate of drug-likeness (QED) is 0.742. The molecule has 0 radical (unpaired) electrons. The van der Waals surface area contributed by atoms with Crippen molar-refractivity contribution in [1.29, 1.82) is 0 Å². The van der Waals surface area contributed by atoms with E-state index in [1.165, 1.54) is 6.42 Å². The molecule has 2 heterocycles. The number of hydrogen-bond donors (Lipinski definition) is 2. The first kappa shape index (κ1) is 20.0. The number of nitrogens with one attached hydrogen (secondary N) is 1. The van der Waals surface area contributed by atoms with Crippen LogP contribution in [-0.4, -0.2) is 36.4 Å². The lowest BCUT2D eigenvalue weighted by Crippen LogP contribution is -2.43. The minimum absolute atomic E-state index is 0. The van der Waals surface area contributed by atoms with Crippen LogP contribution in [0.2, 0.25) is 0 Å². The zero-order valence-corrected chi connectivity index (χ0v) is 16.6. The molecule has 1 aliphatic carbocycles. The zero-order valence-electron chi connectivity index (χ0n) is 15.0. The second-order valence-electron chi connectivity index (χ2n) is 7.07. The number of carbonyl (C=O) groups is 2. The number of thioether (sulfide) groups is 1. The predicted octanol–water partition coefficient (Wildman–Crippen LogP) is 3.29. The maximum absolute atomic E-state index is 12.0. The molecule has 27 heavy (non-hydrogen) atoms. The predicted molar refractivity (Wildman–Crippen MR) is 110 cm³/mol. The second kappa shape index (κ2) is 8.54. The fourth-order valence-corrected chi connectivity index (χ4v) is 4.21. The van der Waals surface area contributed by atoms with Gasteiger partial charge < -0.3 is 15.4 Å². The minimum atomic E-state index is -0.341. The summed E-state index contributed by atoms with van der Waals surface area (Å²) in [7, 11) is 0. The number of nitrogens with zero attached hydrogens (tertiary/aromatic N) is 1. The molecule has 4 rings (SSSR count). The number of piperidine rings is 1. The van der Waals surface area contributed by atoms with Crippen LogP contribution in [0.15, 0.2) is 23.1 Å². The monoisotopic (exact) mass is 409 g/mol. The fraction of sp³-hybridized carbons (Fsp3) is 0.474. The van der Waals surface area contributed by atoms with Crippen molar-refractivity contribution in [3.8, 4) is 5.75 Å². The van der Waals surface area contributed by atoms with Gasteiger partial charge >= 0.3 is 0 Å². The molecule has 3 N–H and O–H groups in total. The number of anilines is 1. The summed E-state index contributed by atoms with van der Waals surface area (Å²) < 4.78 is 6.24. The molecular formula is C19H24ClN3O3S. The van der Waals surface area contributed by atoms with E-state index in [-0.39, 0.29) is 35.7 Å². The topological polar surface area (TPSA) is 84.7 Å². The lowest BCUT2D eigenvalue weighted by Gasteiger charge is -2.36. The maximum Gasteiger partial charge on any atom is 0.290 e. The Hall–Kier alpha value is -1.70. The molecule has 2 amide bonds. The highest BCUT2D eigenvalue weighted by Gasteiger charge is 2.28. The van der Waals surface area contributed by atoms with Gasteiger partial charge in [-0.05, 0) is 56.0 Å². The molecule has 6 nitrogen and oxygen atoms in total. The van der Waals surface area contributed by atoms with E-state index in [9.17, 15) is 9.59 Å². The Balaban J connectivity index is 0.00000210. The van der Waals surface area contributed by atoms with Crippen LogP contribution in [0.5, 0.6) is 5.75 Å². The molecule has 0 spiro atoms. The van der Waals surface area contributed by atoms with E-state index in [4.69, 9.17) is 10.5 Å². The van der Waals surface area contributed by atoms with Crippen molar-refractivity contribution in [1.82, 2.24) is 5.32 Å². The summed E-state index contributed by atoms with van der Waals surface area (Å²) in [4.78, 5) is 26.1. The summed E-state index contributed by atoms with van der Waals surface area (Å²) in [5.41, 5.74) is 8.07. The van der Waals surface area contributed by atoms with Gasteiger partial charge in [0.2, 0.25) is 0 Å².